The van der Waals surface area contributed by atoms with E-state index in [1.807, 2.05) is 0 Å². The highest BCUT2D eigenvalue weighted by Crippen LogP contribution is 2.29. The Morgan fingerprint density at radius 1 is 1.18 bits per heavy atom. The summed E-state index contributed by atoms with van der Waals surface area (Å²) < 4.78 is 44.3. The maximum absolute atomic E-state index is 12.6. The van der Waals surface area contributed by atoms with E-state index >= 15 is 0 Å². The first-order chi connectivity index (χ1) is 17.7. The summed E-state index contributed by atoms with van der Waals surface area (Å²) >= 11 is 5.85. The number of nitrogens with zero attached hydrogens (tertiary/aromatic N) is 5. The molecular weight excluding hydrogens is 535 g/mol. The summed E-state index contributed by atoms with van der Waals surface area (Å²) in [6.45, 7) is 1.67. The zero-order valence-corrected chi connectivity index (χ0v) is 21.0. The minimum absolute atomic E-state index is 0.0449. The van der Waals surface area contributed by atoms with Crippen LogP contribution in [0.5, 0.6) is 0 Å². The highest BCUT2D eigenvalue weighted by Gasteiger charge is 2.31. The largest absolute Gasteiger partial charge is 0.446 e. The standard InChI is InChI=1S/C23H25ClF3N5O6/c1-22(35,14-31-13-18(32(36)37)28-20(31)24)15-38-21(34)30-11-9-29(10-12-30)19(33)4-2-3-16-5-7-17(8-6-16)23(25,26)27/h2-3,5-8,13,35H,4,9-12,14-15H2,1H3. The van der Waals surface area contributed by atoms with Gasteiger partial charge in [0.2, 0.25) is 5.91 Å². The number of aliphatic hydroxyl groups is 1. The summed E-state index contributed by atoms with van der Waals surface area (Å²) in [5.74, 6) is -0.680. The molecule has 1 aromatic carbocycles. The number of nitro groups is 1. The third kappa shape index (κ3) is 7.92. The van der Waals surface area contributed by atoms with Gasteiger partial charge in [0.25, 0.3) is 0 Å². The molecule has 0 aliphatic carbocycles. The van der Waals surface area contributed by atoms with Gasteiger partial charge in [-0.2, -0.15) is 13.2 Å². The molecule has 1 aliphatic rings. The topological polar surface area (TPSA) is 131 Å². The van der Waals surface area contributed by atoms with Gasteiger partial charge in [0, 0.05) is 32.6 Å². The molecule has 206 valence electrons. The second-order valence-corrected chi connectivity index (χ2v) is 9.24. The van der Waals surface area contributed by atoms with E-state index in [0.717, 1.165) is 18.3 Å². The summed E-state index contributed by atoms with van der Waals surface area (Å²) in [5, 5.41) is 21.1. The molecule has 0 bridgehead atoms. The number of ether oxygens (including phenoxy) is 1. The Hall–Kier alpha value is -3.65. The number of benzene rings is 1. The molecule has 0 radical (unpaired) electrons. The van der Waals surface area contributed by atoms with Gasteiger partial charge >= 0.3 is 23.4 Å². The monoisotopic (exact) mass is 559 g/mol. The first kappa shape index (κ1) is 28.9. The van der Waals surface area contributed by atoms with Crippen molar-refractivity contribution in [3.63, 3.8) is 0 Å². The number of hydrogen-bond acceptors (Lipinski definition) is 7. The summed E-state index contributed by atoms with van der Waals surface area (Å²) in [4.78, 5) is 41.5. The Bertz CT molecular complexity index is 1190. The van der Waals surface area contributed by atoms with Crippen LogP contribution in [0.3, 0.4) is 0 Å². The van der Waals surface area contributed by atoms with Crippen molar-refractivity contribution in [1.29, 1.82) is 0 Å². The average molecular weight is 560 g/mol. The lowest BCUT2D eigenvalue weighted by Crippen LogP contribution is -2.51. The predicted molar refractivity (Wildman–Crippen MR) is 129 cm³/mol. The number of amides is 2. The first-order valence-electron chi connectivity index (χ1n) is 11.4. The summed E-state index contributed by atoms with van der Waals surface area (Å²) in [7, 11) is 0. The van der Waals surface area contributed by atoms with E-state index in [2.05, 4.69) is 4.98 Å². The highest BCUT2D eigenvalue weighted by molar-refractivity contribution is 6.28. The molecule has 3 rings (SSSR count). The number of alkyl halides is 3. The van der Waals surface area contributed by atoms with Gasteiger partial charge in [0.05, 0.1) is 12.1 Å². The van der Waals surface area contributed by atoms with Crippen molar-refractivity contribution < 1.29 is 37.5 Å². The summed E-state index contributed by atoms with van der Waals surface area (Å²) in [6, 6.07) is 4.58. The maximum Gasteiger partial charge on any atom is 0.416 e. The van der Waals surface area contributed by atoms with Gasteiger partial charge in [-0.05, 0) is 46.1 Å². The molecule has 1 aliphatic heterocycles. The lowest BCUT2D eigenvalue weighted by Gasteiger charge is -2.34. The minimum Gasteiger partial charge on any atom is -0.446 e. The van der Waals surface area contributed by atoms with Crippen molar-refractivity contribution in [2.45, 2.75) is 31.7 Å². The molecule has 1 fully saturated rings. The molecular formula is C23H25ClF3N5O6. The second-order valence-electron chi connectivity index (χ2n) is 8.90. The molecule has 2 heterocycles. The molecule has 2 aromatic rings. The molecule has 2 amide bonds. The van der Waals surface area contributed by atoms with Crippen molar-refractivity contribution >= 4 is 35.5 Å². The molecule has 1 atom stereocenters. The van der Waals surface area contributed by atoms with Crippen LogP contribution in [-0.2, 0) is 22.3 Å². The van der Waals surface area contributed by atoms with Crippen LogP contribution in [0.25, 0.3) is 6.08 Å². The second kappa shape index (κ2) is 11.8. The summed E-state index contributed by atoms with van der Waals surface area (Å²) in [6.07, 6.45) is -0.870. The molecule has 38 heavy (non-hydrogen) atoms. The van der Waals surface area contributed by atoms with Gasteiger partial charge in [0.1, 0.15) is 18.4 Å². The van der Waals surface area contributed by atoms with Crippen LogP contribution < -0.4 is 0 Å². The number of imidazole rings is 1. The van der Waals surface area contributed by atoms with Crippen molar-refractivity contribution in [2.24, 2.45) is 0 Å². The van der Waals surface area contributed by atoms with Crippen LogP contribution >= 0.6 is 11.6 Å². The molecule has 0 spiro atoms. The van der Waals surface area contributed by atoms with Gasteiger partial charge in [-0.15, -0.1) is 0 Å². The third-order valence-electron chi connectivity index (χ3n) is 5.65. The molecule has 1 saturated heterocycles. The van der Waals surface area contributed by atoms with Crippen molar-refractivity contribution in [1.82, 2.24) is 19.4 Å². The van der Waals surface area contributed by atoms with E-state index in [4.69, 9.17) is 16.3 Å². The number of halogens is 4. The van der Waals surface area contributed by atoms with E-state index in [1.54, 1.807) is 17.1 Å². The Kier molecular flexibility index (Phi) is 8.99. The van der Waals surface area contributed by atoms with E-state index in [1.165, 1.54) is 28.5 Å². The van der Waals surface area contributed by atoms with Crippen molar-refractivity contribution in [3.8, 4) is 0 Å². The Labute approximate surface area is 220 Å². The number of rotatable bonds is 8. The zero-order chi connectivity index (χ0) is 28.1. The lowest BCUT2D eigenvalue weighted by molar-refractivity contribution is -0.389. The normalized spacial score (nSPS) is 15.9. The highest BCUT2D eigenvalue weighted by atomic mass is 35.5. The minimum atomic E-state index is -4.41. The van der Waals surface area contributed by atoms with Gasteiger partial charge < -0.3 is 29.8 Å². The van der Waals surface area contributed by atoms with Crippen LogP contribution in [0.15, 0.2) is 36.5 Å². The lowest BCUT2D eigenvalue weighted by atomic mass is 10.1. The Morgan fingerprint density at radius 2 is 1.79 bits per heavy atom. The predicted octanol–water partition coefficient (Wildman–Crippen LogP) is 3.60. The fourth-order valence-electron chi connectivity index (χ4n) is 3.65. The van der Waals surface area contributed by atoms with Crippen molar-refractivity contribution in [2.75, 3.05) is 32.8 Å². The Balaban J connectivity index is 1.41. The molecule has 1 aromatic heterocycles. The number of hydrogen-bond donors (Lipinski definition) is 1. The number of aromatic nitrogens is 2. The fraction of sp³-hybridized carbons (Fsp3) is 0.435. The van der Waals surface area contributed by atoms with E-state index in [-0.39, 0.29) is 50.3 Å². The van der Waals surface area contributed by atoms with Crippen LogP contribution in [0.1, 0.15) is 24.5 Å². The van der Waals surface area contributed by atoms with Gasteiger partial charge in [-0.25, -0.2) is 4.79 Å². The van der Waals surface area contributed by atoms with Gasteiger partial charge in [-0.1, -0.05) is 24.3 Å². The number of carbonyl (C=O) groups is 2. The van der Waals surface area contributed by atoms with Gasteiger partial charge in [0.15, 0.2) is 0 Å². The molecule has 1 unspecified atom stereocenters. The maximum atomic E-state index is 12.6. The van der Waals surface area contributed by atoms with E-state index in [9.17, 15) is 38.0 Å². The third-order valence-corrected chi connectivity index (χ3v) is 5.95. The average Bonchev–Trinajstić information content (AvgIpc) is 3.22. The fourth-order valence-corrected chi connectivity index (χ4v) is 3.84. The number of carbonyl (C=O) groups excluding carboxylic acids is 2. The van der Waals surface area contributed by atoms with Crippen LogP contribution in [-0.4, -0.2) is 79.8 Å². The van der Waals surface area contributed by atoms with Gasteiger partial charge in [-0.3, -0.25) is 9.36 Å². The zero-order valence-electron chi connectivity index (χ0n) is 20.2. The van der Waals surface area contributed by atoms with Crippen molar-refractivity contribution in [3.05, 3.63) is 63.1 Å². The van der Waals surface area contributed by atoms with E-state index < -0.39 is 40.8 Å². The number of piperazine rings is 1. The van der Waals surface area contributed by atoms with Crippen LogP contribution in [0, 0.1) is 10.1 Å². The van der Waals surface area contributed by atoms with Crippen LogP contribution in [0.4, 0.5) is 23.8 Å². The first-order valence-corrected chi connectivity index (χ1v) is 11.8. The molecule has 0 saturated carbocycles. The quantitative estimate of drug-likeness (QED) is 0.386. The molecule has 15 heteroatoms. The van der Waals surface area contributed by atoms with Crippen LogP contribution in [0.2, 0.25) is 5.28 Å². The Morgan fingerprint density at radius 3 is 2.34 bits per heavy atom. The SMILES string of the molecule is CC(O)(COC(=O)N1CCN(C(=O)CC=Cc2ccc(C(F)(F)F)cc2)CC1)Cn1cc([N+](=O)[O-])nc1Cl. The molecule has 11 nitrogen and oxygen atoms in total. The summed E-state index contributed by atoms with van der Waals surface area (Å²) in [5.41, 5.74) is -1.81. The smallest absolute Gasteiger partial charge is 0.416 e. The van der Waals surface area contributed by atoms with E-state index in [0.29, 0.717) is 5.56 Å². The molecule has 1 N–H and O–H groups in total.